The van der Waals surface area contributed by atoms with E-state index in [1.807, 2.05) is 25.1 Å². The molecular formula is C27H28N4O5S. The average Bonchev–Trinajstić information content (AvgIpc) is 3.11. The largest absolute Gasteiger partial charge is 0.495 e. The Kier molecular flexibility index (Phi) is 7.21. The molecule has 1 aromatic heterocycles. The number of para-hydroxylation sites is 1. The summed E-state index contributed by atoms with van der Waals surface area (Å²) >= 11 is 0. The molecule has 9 nitrogen and oxygen atoms in total. The number of methoxy groups -OCH3 is 1. The summed E-state index contributed by atoms with van der Waals surface area (Å²) in [5, 5.41) is 2.65. The maximum Gasteiger partial charge on any atom is 0.295 e. The molecule has 0 unspecified atom stereocenters. The first-order valence-corrected chi connectivity index (χ1v) is 13.0. The second-order valence-corrected chi connectivity index (χ2v) is 10.3. The molecule has 4 aromatic rings. The molecule has 0 saturated heterocycles. The van der Waals surface area contributed by atoms with Crippen LogP contribution in [0.15, 0.2) is 88.6 Å². The number of hydrogen-bond acceptors (Lipinski definition) is 5. The van der Waals surface area contributed by atoms with Crippen molar-refractivity contribution in [2.45, 2.75) is 18.7 Å². The van der Waals surface area contributed by atoms with Gasteiger partial charge < -0.3 is 10.1 Å². The van der Waals surface area contributed by atoms with Crippen LogP contribution >= 0.6 is 0 Å². The molecule has 1 N–H and O–H groups in total. The van der Waals surface area contributed by atoms with Crippen molar-refractivity contribution in [2.75, 3.05) is 23.3 Å². The summed E-state index contributed by atoms with van der Waals surface area (Å²) < 4.78 is 36.9. The number of aromatic nitrogens is 2. The van der Waals surface area contributed by atoms with Gasteiger partial charge in [0.2, 0.25) is 5.91 Å². The van der Waals surface area contributed by atoms with Gasteiger partial charge in [-0.2, -0.15) is 0 Å². The molecule has 0 aliphatic carbocycles. The third-order valence-electron chi connectivity index (χ3n) is 6.04. The van der Waals surface area contributed by atoms with Crippen molar-refractivity contribution in [3.8, 4) is 11.4 Å². The van der Waals surface area contributed by atoms with Gasteiger partial charge in [0.15, 0.2) is 0 Å². The van der Waals surface area contributed by atoms with E-state index in [1.54, 1.807) is 67.2 Å². The highest BCUT2D eigenvalue weighted by Crippen LogP contribution is 2.33. The van der Waals surface area contributed by atoms with Crippen molar-refractivity contribution in [1.82, 2.24) is 9.36 Å². The molecule has 0 saturated carbocycles. The molecule has 37 heavy (non-hydrogen) atoms. The van der Waals surface area contributed by atoms with Gasteiger partial charge in [-0.15, -0.1) is 0 Å². The summed E-state index contributed by atoms with van der Waals surface area (Å²) in [5.74, 6) is -0.380. The Bertz CT molecular complexity index is 1590. The minimum atomic E-state index is -4.15. The number of hydrogen-bond donors (Lipinski definition) is 1. The van der Waals surface area contributed by atoms with Gasteiger partial charge in [0, 0.05) is 7.05 Å². The summed E-state index contributed by atoms with van der Waals surface area (Å²) in [7, 11) is -1.01. The summed E-state index contributed by atoms with van der Waals surface area (Å²) in [5.41, 5.74) is 1.81. The number of nitrogens with zero attached hydrogens (tertiary/aromatic N) is 3. The highest BCUT2D eigenvalue weighted by molar-refractivity contribution is 7.92. The standard InChI is InChI=1S/C27H28N4O5S/c1-19-15-16-24(36-4)23(17-19)30(37(34,35)22-13-9-6-10-14-22)18-25(32)28-26-20(2)29(3)31(27(26)33)21-11-7-5-8-12-21/h5-17H,18H2,1-4H3,(H,28,32). The highest BCUT2D eigenvalue weighted by Gasteiger charge is 2.30. The first kappa shape index (κ1) is 25.8. The molecule has 0 aliphatic heterocycles. The van der Waals surface area contributed by atoms with E-state index in [1.165, 1.54) is 23.9 Å². The van der Waals surface area contributed by atoms with Crippen LogP contribution in [0.2, 0.25) is 0 Å². The predicted octanol–water partition coefficient (Wildman–Crippen LogP) is 3.64. The molecule has 0 radical (unpaired) electrons. The van der Waals surface area contributed by atoms with Gasteiger partial charge in [-0.3, -0.25) is 18.6 Å². The zero-order valence-corrected chi connectivity index (χ0v) is 21.8. The molecular weight excluding hydrogens is 492 g/mol. The Hall–Kier alpha value is -4.31. The Balaban J connectivity index is 1.74. The van der Waals surface area contributed by atoms with E-state index in [0.717, 1.165) is 9.87 Å². The minimum absolute atomic E-state index is 0.0219. The van der Waals surface area contributed by atoms with Crippen molar-refractivity contribution < 1.29 is 17.9 Å². The molecule has 0 spiro atoms. The summed E-state index contributed by atoms with van der Waals surface area (Å²) in [6, 6.07) is 21.9. The summed E-state index contributed by atoms with van der Waals surface area (Å²) in [6.07, 6.45) is 0. The van der Waals surface area contributed by atoms with E-state index >= 15 is 0 Å². The normalized spacial score (nSPS) is 11.2. The molecule has 1 heterocycles. The molecule has 0 aliphatic rings. The Morgan fingerprint density at radius 3 is 2.22 bits per heavy atom. The van der Waals surface area contributed by atoms with E-state index in [4.69, 9.17) is 4.74 Å². The van der Waals surface area contributed by atoms with Crippen LogP contribution in [0.25, 0.3) is 5.69 Å². The fraction of sp³-hybridized carbons (Fsp3) is 0.185. The quantitative estimate of drug-likeness (QED) is 0.382. The van der Waals surface area contributed by atoms with Gasteiger partial charge in [-0.05, 0) is 55.8 Å². The molecule has 3 aromatic carbocycles. The van der Waals surface area contributed by atoms with Crippen molar-refractivity contribution in [3.63, 3.8) is 0 Å². The van der Waals surface area contributed by atoms with Gasteiger partial charge in [-0.1, -0.05) is 42.5 Å². The fourth-order valence-corrected chi connectivity index (χ4v) is 5.48. The Morgan fingerprint density at radius 2 is 1.59 bits per heavy atom. The molecule has 1 amide bonds. The van der Waals surface area contributed by atoms with Crippen LogP contribution in [-0.4, -0.2) is 37.3 Å². The molecule has 192 valence electrons. The van der Waals surface area contributed by atoms with E-state index in [9.17, 15) is 18.0 Å². The number of aryl methyl sites for hydroxylation is 1. The van der Waals surface area contributed by atoms with Crippen LogP contribution in [0.1, 0.15) is 11.3 Å². The lowest BCUT2D eigenvalue weighted by molar-refractivity contribution is -0.114. The van der Waals surface area contributed by atoms with Crippen LogP contribution in [-0.2, 0) is 21.9 Å². The van der Waals surface area contributed by atoms with Crippen LogP contribution in [0.4, 0.5) is 11.4 Å². The Morgan fingerprint density at radius 1 is 0.973 bits per heavy atom. The van der Waals surface area contributed by atoms with E-state index in [0.29, 0.717) is 17.1 Å². The van der Waals surface area contributed by atoms with Crippen LogP contribution < -0.4 is 19.9 Å². The number of amides is 1. The van der Waals surface area contributed by atoms with Crippen LogP contribution in [0, 0.1) is 13.8 Å². The maximum atomic E-state index is 13.7. The monoisotopic (exact) mass is 520 g/mol. The number of nitrogens with one attached hydrogen (secondary N) is 1. The first-order valence-electron chi connectivity index (χ1n) is 11.5. The SMILES string of the molecule is COc1ccc(C)cc1N(CC(=O)Nc1c(C)n(C)n(-c2ccccc2)c1=O)S(=O)(=O)c1ccccc1. The van der Waals surface area contributed by atoms with E-state index in [2.05, 4.69) is 5.32 Å². The molecule has 4 rings (SSSR count). The fourth-order valence-electron chi connectivity index (χ4n) is 4.04. The smallest absolute Gasteiger partial charge is 0.295 e. The zero-order chi connectivity index (χ0) is 26.7. The van der Waals surface area contributed by atoms with Crippen molar-refractivity contribution in [3.05, 3.63) is 100 Å². The minimum Gasteiger partial charge on any atom is -0.495 e. The zero-order valence-electron chi connectivity index (χ0n) is 21.0. The predicted molar refractivity (Wildman–Crippen MR) is 143 cm³/mol. The second-order valence-electron chi connectivity index (χ2n) is 8.48. The lowest BCUT2D eigenvalue weighted by Crippen LogP contribution is -2.39. The number of benzene rings is 3. The van der Waals surface area contributed by atoms with Crippen molar-refractivity contribution in [2.24, 2.45) is 7.05 Å². The summed E-state index contributed by atoms with van der Waals surface area (Å²) in [6.45, 7) is 2.95. The highest BCUT2D eigenvalue weighted by atomic mass is 32.2. The second kappa shape index (κ2) is 10.4. The number of rotatable bonds is 8. The number of ether oxygens (including phenoxy) is 1. The number of anilines is 2. The van der Waals surface area contributed by atoms with E-state index in [-0.39, 0.29) is 16.3 Å². The van der Waals surface area contributed by atoms with Crippen LogP contribution in [0.3, 0.4) is 0 Å². The number of carbonyl (C=O) groups is 1. The van der Waals surface area contributed by atoms with Crippen LogP contribution in [0.5, 0.6) is 5.75 Å². The van der Waals surface area contributed by atoms with E-state index < -0.39 is 28.0 Å². The average molecular weight is 521 g/mol. The van der Waals surface area contributed by atoms with Crippen molar-refractivity contribution >= 4 is 27.3 Å². The van der Waals surface area contributed by atoms with Gasteiger partial charge in [-0.25, -0.2) is 13.1 Å². The van der Waals surface area contributed by atoms with Gasteiger partial charge in [0.25, 0.3) is 15.6 Å². The maximum absolute atomic E-state index is 13.7. The molecule has 0 bridgehead atoms. The summed E-state index contributed by atoms with van der Waals surface area (Å²) in [4.78, 5) is 26.6. The lowest BCUT2D eigenvalue weighted by atomic mass is 10.2. The molecule has 0 fully saturated rings. The first-order chi connectivity index (χ1) is 17.6. The number of sulfonamides is 1. The lowest BCUT2D eigenvalue weighted by Gasteiger charge is -2.26. The third-order valence-corrected chi connectivity index (χ3v) is 7.81. The van der Waals surface area contributed by atoms with Gasteiger partial charge in [0.1, 0.15) is 18.0 Å². The molecule has 10 heteroatoms. The molecule has 0 atom stereocenters. The topological polar surface area (TPSA) is 103 Å². The number of carbonyl (C=O) groups excluding carboxylic acids is 1. The third kappa shape index (κ3) is 5.01. The van der Waals surface area contributed by atoms with Gasteiger partial charge >= 0.3 is 0 Å². The van der Waals surface area contributed by atoms with Gasteiger partial charge in [0.05, 0.1) is 29.1 Å². The Labute approximate surface area is 215 Å². The van der Waals surface area contributed by atoms with Crippen molar-refractivity contribution in [1.29, 1.82) is 0 Å².